The molecule has 2 aromatic carbocycles. The van der Waals surface area contributed by atoms with Crippen molar-refractivity contribution in [2.24, 2.45) is 0 Å². The van der Waals surface area contributed by atoms with Gasteiger partial charge in [-0.25, -0.2) is 9.18 Å². The number of carbonyl (C=O) groups is 3. The van der Waals surface area contributed by atoms with Crippen LogP contribution in [-0.4, -0.2) is 55.3 Å². The van der Waals surface area contributed by atoms with E-state index >= 15 is 0 Å². The molecule has 30 heavy (non-hydrogen) atoms. The lowest BCUT2D eigenvalue weighted by Crippen LogP contribution is -2.50. The summed E-state index contributed by atoms with van der Waals surface area (Å²) in [6, 6.07) is 8.94. The highest BCUT2D eigenvalue weighted by molar-refractivity contribution is 6.43. The molecule has 0 aliphatic carbocycles. The smallest absolute Gasteiger partial charge is 0.340 e. The summed E-state index contributed by atoms with van der Waals surface area (Å²) < 4.78 is 19.4. The van der Waals surface area contributed by atoms with Gasteiger partial charge in [0, 0.05) is 31.7 Å². The van der Waals surface area contributed by atoms with Gasteiger partial charge in [-0.15, -0.1) is 0 Å². The van der Waals surface area contributed by atoms with Gasteiger partial charge in [-0.3, -0.25) is 9.59 Å². The number of Topliss-reactive ketones (excluding diaryl/α,β-unsaturated/α-hetero) is 1. The summed E-state index contributed by atoms with van der Waals surface area (Å²) in [6.45, 7) is 2.48. The fourth-order valence-electron chi connectivity index (χ4n) is 3.14. The Hall–Kier alpha value is -2.64. The highest BCUT2D eigenvalue weighted by Crippen LogP contribution is 2.26. The lowest BCUT2D eigenvalue weighted by molar-refractivity contribution is -0.134. The predicted molar refractivity (Wildman–Crippen MR) is 112 cm³/mol. The summed E-state index contributed by atoms with van der Waals surface area (Å²) in [5.41, 5.74) is 0.784. The van der Waals surface area contributed by atoms with Crippen LogP contribution >= 0.6 is 23.2 Å². The summed E-state index contributed by atoms with van der Waals surface area (Å²) in [6.07, 6.45) is 0. The fourth-order valence-corrected chi connectivity index (χ4v) is 3.51. The van der Waals surface area contributed by atoms with Gasteiger partial charge in [0.15, 0.2) is 12.4 Å². The van der Waals surface area contributed by atoms with E-state index in [0.717, 1.165) is 0 Å². The summed E-state index contributed by atoms with van der Waals surface area (Å²) in [5.74, 6) is -1.77. The Morgan fingerprint density at radius 3 is 2.40 bits per heavy atom. The minimum Gasteiger partial charge on any atom is -0.452 e. The van der Waals surface area contributed by atoms with E-state index in [-0.39, 0.29) is 27.3 Å². The molecule has 1 aliphatic rings. The molecule has 0 N–H and O–H groups in total. The molecular formula is C21H19Cl2FN2O4. The van der Waals surface area contributed by atoms with Gasteiger partial charge in [0.05, 0.1) is 21.3 Å². The van der Waals surface area contributed by atoms with Crippen molar-refractivity contribution in [1.82, 2.24) is 4.90 Å². The van der Waals surface area contributed by atoms with Gasteiger partial charge in [-0.1, -0.05) is 29.3 Å². The van der Waals surface area contributed by atoms with Crippen LogP contribution < -0.4 is 4.90 Å². The van der Waals surface area contributed by atoms with Crippen LogP contribution in [0, 0.1) is 5.82 Å². The summed E-state index contributed by atoms with van der Waals surface area (Å²) in [7, 11) is 0. The van der Waals surface area contributed by atoms with Crippen molar-refractivity contribution in [3.63, 3.8) is 0 Å². The lowest BCUT2D eigenvalue weighted by atomic mass is 10.1. The molecule has 6 nitrogen and oxygen atoms in total. The van der Waals surface area contributed by atoms with Crippen molar-refractivity contribution in [1.29, 1.82) is 0 Å². The molecule has 1 aliphatic heterocycles. The largest absolute Gasteiger partial charge is 0.452 e. The monoisotopic (exact) mass is 452 g/mol. The third-order valence-electron chi connectivity index (χ3n) is 4.83. The van der Waals surface area contributed by atoms with Crippen LogP contribution in [0.2, 0.25) is 10.0 Å². The molecule has 0 bridgehead atoms. The number of hydrogen-bond acceptors (Lipinski definition) is 5. The molecule has 2 aromatic rings. The second kappa shape index (κ2) is 9.45. The molecule has 0 unspecified atom stereocenters. The first-order valence-electron chi connectivity index (χ1n) is 9.22. The van der Waals surface area contributed by atoms with Crippen molar-refractivity contribution in [3.05, 3.63) is 63.4 Å². The van der Waals surface area contributed by atoms with Crippen LogP contribution in [0.1, 0.15) is 27.6 Å². The summed E-state index contributed by atoms with van der Waals surface area (Å²) in [5, 5.41) is 0.292. The molecule has 0 radical (unpaired) electrons. The standard InChI is InChI=1S/C21H19Cl2FN2O4/c1-13(27)14-5-6-18(17(24)11-14)25-7-9-26(10-8-25)19(28)12-30-21(29)15-3-2-4-16(22)20(15)23/h2-6,11H,7-10,12H2,1H3. The Morgan fingerprint density at radius 2 is 1.77 bits per heavy atom. The number of benzene rings is 2. The second-order valence-corrected chi connectivity index (χ2v) is 7.55. The topological polar surface area (TPSA) is 66.9 Å². The maximum atomic E-state index is 14.3. The molecule has 1 fully saturated rings. The number of piperazine rings is 1. The number of amides is 1. The van der Waals surface area contributed by atoms with Crippen molar-refractivity contribution >= 4 is 46.5 Å². The van der Waals surface area contributed by atoms with Crippen LogP contribution in [0.25, 0.3) is 0 Å². The molecule has 0 aromatic heterocycles. The van der Waals surface area contributed by atoms with Gasteiger partial charge in [0.2, 0.25) is 0 Å². The molecule has 1 amide bonds. The molecule has 158 valence electrons. The minimum absolute atomic E-state index is 0.0723. The fraction of sp³-hybridized carbons (Fsp3) is 0.286. The van der Waals surface area contributed by atoms with E-state index in [1.165, 1.54) is 19.1 Å². The van der Waals surface area contributed by atoms with E-state index in [1.54, 1.807) is 34.1 Å². The zero-order chi connectivity index (χ0) is 21.8. The van der Waals surface area contributed by atoms with Gasteiger partial charge < -0.3 is 14.5 Å². The number of nitrogens with zero attached hydrogens (tertiary/aromatic N) is 2. The lowest BCUT2D eigenvalue weighted by Gasteiger charge is -2.36. The Labute approximate surface area is 183 Å². The van der Waals surface area contributed by atoms with Crippen LogP contribution in [-0.2, 0) is 9.53 Å². The van der Waals surface area contributed by atoms with E-state index in [4.69, 9.17) is 27.9 Å². The van der Waals surface area contributed by atoms with Crippen molar-refractivity contribution < 1.29 is 23.5 Å². The van der Waals surface area contributed by atoms with Crippen LogP contribution in [0.4, 0.5) is 10.1 Å². The van der Waals surface area contributed by atoms with Gasteiger partial charge in [-0.2, -0.15) is 0 Å². The van der Waals surface area contributed by atoms with Gasteiger partial charge >= 0.3 is 5.97 Å². The number of carbonyl (C=O) groups excluding carboxylic acids is 3. The summed E-state index contributed by atoms with van der Waals surface area (Å²) >= 11 is 11.9. The molecule has 0 saturated carbocycles. The average molecular weight is 453 g/mol. The van der Waals surface area contributed by atoms with Crippen molar-refractivity contribution in [2.75, 3.05) is 37.7 Å². The highest BCUT2D eigenvalue weighted by atomic mass is 35.5. The molecule has 0 spiro atoms. The van der Waals surface area contributed by atoms with Gasteiger partial charge in [-0.05, 0) is 37.3 Å². The molecule has 3 rings (SSSR count). The molecule has 0 atom stereocenters. The Morgan fingerprint density at radius 1 is 1.07 bits per heavy atom. The highest BCUT2D eigenvalue weighted by Gasteiger charge is 2.24. The number of rotatable bonds is 5. The average Bonchev–Trinajstić information content (AvgIpc) is 2.73. The Kier molecular flexibility index (Phi) is 6.95. The van der Waals surface area contributed by atoms with E-state index in [9.17, 15) is 18.8 Å². The Bertz CT molecular complexity index is 991. The maximum Gasteiger partial charge on any atom is 0.340 e. The first-order chi connectivity index (χ1) is 14.3. The van der Waals surface area contributed by atoms with Crippen molar-refractivity contribution in [3.8, 4) is 0 Å². The Balaban J connectivity index is 1.54. The zero-order valence-electron chi connectivity index (χ0n) is 16.2. The van der Waals surface area contributed by atoms with E-state index in [1.807, 2.05) is 0 Å². The SMILES string of the molecule is CC(=O)c1ccc(N2CCN(C(=O)COC(=O)c3cccc(Cl)c3Cl)CC2)c(F)c1. The number of esters is 1. The number of ketones is 1. The summed E-state index contributed by atoms with van der Waals surface area (Å²) in [4.78, 5) is 39.2. The van der Waals surface area contributed by atoms with E-state index < -0.39 is 18.4 Å². The third-order valence-corrected chi connectivity index (χ3v) is 5.64. The first-order valence-corrected chi connectivity index (χ1v) is 9.98. The van der Waals surface area contributed by atoms with Crippen molar-refractivity contribution in [2.45, 2.75) is 6.92 Å². The minimum atomic E-state index is -0.734. The second-order valence-electron chi connectivity index (χ2n) is 6.77. The predicted octanol–water partition coefficient (Wildman–Crippen LogP) is 3.84. The van der Waals surface area contributed by atoms with Gasteiger partial charge in [0.1, 0.15) is 5.82 Å². The van der Waals surface area contributed by atoms with Gasteiger partial charge in [0.25, 0.3) is 5.91 Å². The van der Waals surface area contributed by atoms with E-state index in [2.05, 4.69) is 0 Å². The third kappa shape index (κ3) is 4.91. The zero-order valence-corrected chi connectivity index (χ0v) is 17.7. The first kappa shape index (κ1) is 22.1. The quantitative estimate of drug-likeness (QED) is 0.509. The molecule has 9 heteroatoms. The van der Waals surface area contributed by atoms with E-state index in [0.29, 0.717) is 37.4 Å². The normalized spacial score (nSPS) is 13.9. The molecule has 1 heterocycles. The number of hydrogen-bond donors (Lipinski definition) is 0. The molecule has 1 saturated heterocycles. The van der Waals surface area contributed by atoms with Crippen LogP contribution in [0.15, 0.2) is 36.4 Å². The molecular weight excluding hydrogens is 434 g/mol. The van der Waals surface area contributed by atoms with Crippen LogP contribution in [0.3, 0.4) is 0 Å². The number of anilines is 1. The van der Waals surface area contributed by atoms with Crippen LogP contribution in [0.5, 0.6) is 0 Å². The number of halogens is 3. The number of ether oxygens (including phenoxy) is 1. The maximum absolute atomic E-state index is 14.3.